The van der Waals surface area contributed by atoms with Gasteiger partial charge in [-0.25, -0.2) is 4.79 Å². The lowest BCUT2D eigenvalue weighted by Gasteiger charge is -2.16. The number of aliphatic carboxylic acids is 2. The summed E-state index contributed by atoms with van der Waals surface area (Å²) in [6.45, 7) is 4.77. The molecule has 0 unspecified atom stereocenters. The van der Waals surface area contributed by atoms with Gasteiger partial charge in [0.1, 0.15) is 12.1 Å². The first-order valence-corrected chi connectivity index (χ1v) is 9.58. The predicted molar refractivity (Wildman–Crippen MR) is 105 cm³/mol. The van der Waals surface area contributed by atoms with Crippen LogP contribution in [0.3, 0.4) is 0 Å². The zero-order valence-electron chi connectivity index (χ0n) is 17.1. The van der Waals surface area contributed by atoms with Gasteiger partial charge in [-0.05, 0) is 32.1 Å². The van der Waals surface area contributed by atoms with Crippen LogP contribution in [-0.4, -0.2) is 58.5 Å². The molecule has 0 aliphatic rings. The number of nitrogens with one attached hydrogen (secondary N) is 3. The molecular weight excluding hydrogens is 382 g/mol. The Bertz CT molecular complexity index is 619. The van der Waals surface area contributed by atoms with Crippen LogP contribution in [0.2, 0.25) is 0 Å². The summed E-state index contributed by atoms with van der Waals surface area (Å²) in [6.07, 6.45) is 5.27. The number of hydrogen-bond donors (Lipinski definition) is 5. The summed E-state index contributed by atoms with van der Waals surface area (Å²) in [6, 6.07) is -2.31. The maximum Gasteiger partial charge on any atom is 0.326 e. The molecule has 0 saturated heterocycles. The van der Waals surface area contributed by atoms with Crippen molar-refractivity contribution in [1.82, 2.24) is 16.0 Å². The number of carbonyl (C=O) groups is 5. The number of amides is 3. The van der Waals surface area contributed by atoms with Crippen molar-refractivity contribution in [2.24, 2.45) is 5.92 Å². The van der Waals surface area contributed by atoms with Crippen molar-refractivity contribution < 1.29 is 34.2 Å². The third kappa shape index (κ3) is 12.2. The van der Waals surface area contributed by atoms with E-state index in [1.807, 2.05) is 26.0 Å². The molecule has 0 aliphatic heterocycles. The monoisotopic (exact) mass is 413 g/mol. The van der Waals surface area contributed by atoms with Gasteiger partial charge in [-0.3, -0.25) is 19.2 Å². The highest BCUT2D eigenvalue weighted by atomic mass is 16.4. The molecule has 10 nitrogen and oxygen atoms in total. The fraction of sp³-hybridized carbons (Fsp3) is 0.632. The van der Waals surface area contributed by atoms with Crippen LogP contribution in [-0.2, 0) is 24.0 Å². The van der Waals surface area contributed by atoms with E-state index in [1.165, 1.54) is 6.92 Å². The van der Waals surface area contributed by atoms with Gasteiger partial charge in [0.05, 0.1) is 6.54 Å². The van der Waals surface area contributed by atoms with Crippen molar-refractivity contribution in [3.05, 3.63) is 12.2 Å². The summed E-state index contributed by atoms with van der Waals surface area (Å²) < 4.78 is 0. The fourth-order valence-electron chi connectivity index (χ4n) is 2.32. The van der Waals surface area contributed by atoms with Crippen LogP contribution >= 0.6 is 0 Å². The summed E-state index contributed by atoms with van der Waals surface area (Å²) in [7, 11) is 0. The molecule has 0 bridgehead atoms. The van der Waals surface area contributed by atoms with E-state index in [9.17, 15) is 29.1 Å². The lowest BCUT2D eigenvalue weighted by Crippen LogP contribution is -2.45. The Morgan fingerprint density at radius 3 is 2.10 bits per heavy atom. The zero-order chi connectivity index (χ0) is 22.4. The molecule has 0 fully saturated rings. The van der Waals surface area contributed by atoms with Gasteiger partial charge in [0.2, 0.25) is 17.7 Å². The maximum absolute atomic E-state index is 12.1. The Kier molecular flexibility index (Phi) is 12.7. The number of allylic oxidation sites excluding steroid dienone is 2. The molecule has 3 atom stereocenters. The van der Waals surface area contributed by atoms with Crippen LogP contribution in [0.25, 0.3) is 0 Å². The van der Waals surface area contributed by atoms with Gasteiger partial charge in [0.25, 0.3) is 0 Å². The van der Waals surface area contributed by atoms with Gasteiger partial charge < -0.3 is 26.2 Å². The smallest absolute Gasteiger partial charge is 0.326 e. The predicted octanol–water partition coefficient (Wildman–Crippen LogP) is 0.424. The highest BCUT2D eigenvalue weighted by molar-refractivity contribution is 5.88. The average Bonchev–Trinajstić information content (AvgIpc) is 2.66. The van der Waals surface area contributed by atoms with Crippen LogP contribution in [0.1, 0.15) is 52.9 Å². The van der Waals surface area contributed by atoms with E-state index >= 15 is 0 Å². The minimum absolute atomic E-state index is 0.0133. The third-order valence-corrected chi connectivity index (χ3v) is 4.10. The largest absolute Gasteiger partial charge is 0.480 e. The van der Waals surface area contributed by atoms with Crippen molar-refractivity contribution >= 4 is 29.7 Å². The maximum atomic E-state index is 12.1. The van der Waals surface area contributed by atoms with Gasteiger partial charge in [0, 0.05) is 12.8 Å². The van der Waals surface area contributed by atoms with Gasteiger partial charge in [-0.2, -0.15) is 0 Å². The van der Waals surface area contributed by atoms with Crippen molar-refractivity contribution in [1.29, 1.82) is 0 Å². The summed E-state index contributed by atoms with van der Waals surface area (Å²) in [5.41, 5.74) is 0. The van der Waals surface area contributed by atoms with E-state index in [0.717, 1.165) is 12.8 Å². The number of carboxylic acids is 2. The second-order valence-electron chi connectivity index (χ2n) is 6.61. The molecule has 0 aromatic rings. The first-order valence-electron chi connectivity index (χ1n) is 9.58. The molecule has 3 amide bonds. The lowest BCUT2D eigenvalue weighted by molar-refractivity contribution is -0.142. The third-order valence-electron chi connectivity index (χ3n) is 4.10. The fourth-order valence-corrected chi connectivity index (χ4v) is 2.32. The minimum Gasteiger partial charge on any atom is -0.480 e. The quantitative estimate of drug-likeness (QED) is 0.258. The van der Waals surface area contributed by atoms with E-state index in [2.05, 4.69) is 16.0 Å². The molecular formula is C19H31N3O7. The van der Waals surface area contributed by atoms with E-state index in [1.54, 1.807) is 0 Å². The Morgan fingerprint density at radius 2 is 1.59 bits per heavy atom. The van der Waals surface area contributed by atoms with E-state index in [0.29, 0.717) is 0 Å². The second-order valence-corrected chi connectivity index (χ2v) is 6.61. The molecule has 0 heterocycles. The SMILES string of the molecule is CCC=C[C@H](CC)CC(=O)N[C@H](CCC(=O)NCC(=O)N[C@H](C)C(=O)O)C(=O)O. The Labute approximate surface area is 170 Å². The minimum atomic E-state index is -1.25. The first-order chi connectivity index (χ1) is 13.6. The molecule has 0 radical (unpaired) electrons. The summed E-state index contributed by atoms with van der Waals surface area (Å²) in [5.74, 6) is -4.12. The van der Waals surface area contributed by atoms with Gasteiger partial charge in [-0.15, -0.1) is 0 Å². The van der Waals surface area contributed by atoms with Gasteiger partial charge in [0.15, 0.2) is 0 Å². The van der Waals surface area contributed by atoms with E-state index in [4.69, 9.17) is 5.11 Å². The second kappa shape index (κ2) is 14.1. The molecule has 0 aromatic heterocycles. The van der Waals surface area contributed by atoms with Crippen LogP contribution < -0.4 is 16.0 Å². The topological polar surface area (TPSA) is 162 Å². The van der Waals surface area contributed by atoms with Gasteiger partial charge in [-0.1, -0.05) is 26.0 Å². The Hall–Kier alpha value is -2.91. The summed E-state index contributed by atoms with van der Waals surface area (Å²) in [4.78, 5) is 57.4. The highest BCUT2D eigenvalue weighted by Crippen LogP contribution is 2.11. The molecule has 29 heavy (non-hydrogen) atoms. The molecule has 0 aromatic carbocycles. The van der Waals surface area contributed by atoms with Crippen LogP contribution in [0.15, 0.2) is 12.2 Å². The summed E-state index contributed by atoms with van der Waals surface area (Å²) in [5, 5.41) is 24.8. The van der Waals surface area contributed by atoms with Crippen molar-refractivity contribution in [2.75, 3.05) is 6.54 Å². The highest BCUT2D eigenvalue weighted by Gasteiger charge is 2.22. The van der Waals surface area contributed by atoms with E-state index in [-0.39, 0.29) is 25.2 Å². The number of rotatable bonds is 14. The average molecular weight is 413 g/mol. The van der Waals surface area contributed by atoms with Crippen LogP contribution in [0.4, 0.5) is 0 Å². The Morgan fingerprint density at radius 1 is 0.931 bits per heavy atom. The molecule has 0 aliphatic carbocycles. The van der Waals surface area contributed by atoms with Gasteiger partial charge >= 0.3 is 11.9 Å². The molecule has 0 spiro atoms. The molecule has 0 saturated carbocycles. The van der Waals surface area contributed by atoms with E-state index < -0.39 is 48.3 Å². The number of hydrogen-bond acceptors (Lipinski definition) is 5. The van der Waals surface area contributed by atoms with Crippen molar-refractivity contribution in [3.8, 4) is 0 Å². The Balaban J connectivity index is 4.45. The molecule has 10 heteroatoms. The molecule has 5 N–H and O–H groups in total. The number of carboxylic acid groups (broad SMARTS) is 2. The van der Waals surface area contributed by atoms with Crippen molar-refractivity contribution in [2.45, 2.75) is 65.0 Å². The first kappa shape index (κ1) is 26.1. The van der Waals surface area contributed by atoms with Crippen LogP contribution in [0, 0.1) is 5.92 Å². The standard InChI is InChI=1S/C19H31N3O7/c1-4-6-7-13(5-2)10-16(24)22-14(19(28)29)8-9-15(23)20-11-17(25)21-12(3)18(26)27/h6-7,12-14H,4-5,8-11H2,1-3H3,(H,20,23)(H,21,25)(H,22,24)(H,26,27)(H,28,29)/t12-,13+,14-/m1/s1. The zero-order valence-corrected chi connectivity index (χ0v) is 17.1. The normalized spacial score (nSPS) is 13.9. The lowest BCUT2D eigenvalue weighted by atomic mass is 10.0. The van der Waals surface area contributed by atoms with Crippen LogP contribution in [0.5, 0.6) is 0 Å². The molecule has 0 rings (SSSR count). The number of carbonyl (C=O) groups excluding carboxylic acids is 3. The molecule has 164 valence electrons. The van der Waals surface area contributed by atoms with Crippen molar-refractivity contribution in [3.63, 3.8) is 0 Å². The summed E-state index contributed by atoms with van der Waals surface area (Å²) >= 11 is 0.